The largest absolute Gasteiger partial charge is 0.444 e. The number of anilines is 1. The van der Waals surface area contributed by atoms with Gasteiger partial charge in [-0.3, -0.25) is 9.69 Å². The Morgan fingerprint density at radius 3 is 2.34 bits per heavy atom. The highest BCUT2D eigenvalue weighted by Gasteiger charge is 2.52. The number of hydrogen-bond acceptors (Lipinski definition) is 6. The molecule has 1 aromatic carbocycles. The Hall–Kier alpha value is -3.48. The van der Waals surface area contributed by atoms with Crippen molar-refractivity contribution in [2.45, 2.75) is 70.2 Å². The summed E-state index contributed by atoms with van der Waals surface area (Å²) in [6.45, 7) is 8.31. The molecule has 2 aliphatic heterocycles. The highest BCUT2D eigenvalue weighted by Crippen LogP contribution is 2.43. The molecule has 4 rings (SSSR count). The molecule has 2 bridgehead atoms. The van der Waals surface area contributed by atoms with E-state index in [9.17, 15) is 19.6 Å². The number of carbonyl (C=O) groups excluding carboxylic acids is 3. The van der Waals surface area contributed by atoms with Crippen LogP contribution in [0.5, 0.6) is 0 Å². The molecule has 1 aromatic rings. The highest BCUT2D eigenvalue weighted by molar-refractivity contribution is 5.87. The molecule has 4 atom stereocenters. The van der Waals surface area contributed by atoms with Gasteiger partial charge in [0, 0.05) is 58.4 Å². The van der Waals surface area contributed by atoms with Gasteiger partial charge in [0.15, 0.2) is 0 Å². The van der Waals surface area contributed by atoms with Crippen LogP contribution < -0.4 is 10.2 Å². The fourth-order valence-corrected chi connectivity index (χ4v) is 5.81. The number of likely N-dealkylation sites (tertiary alicyclic amines) is 1. The van der Waals surface area contributed by atoms with Gasteiger partial charge < -0.3 is 24.8 Å². The van der Waals surface area contributed by atoms with Gasteiger partial charge in [-0.2, -0.15) is 5.26 Å². The highest BCUT2D eigenvalue weighted by atomic mass is 16.6. The molecule has 4 amide bonds. The minimum Gasteiger partial charge on any atom is -0.444 e. The Balaban J connectivity index is 1.34. The van der Waals surface area contributed by atoms with Crippen molar-refractivity contribution in [1.29, 1.82) is 5.26 Å². The Kier molecular flexibility index (Phi) is 8.05. The number of piperidine rings is 1. The summed E-state index contributed by atoms with van der Waals surface area (Å²) in [5.74, 6) is -0.184. The molecule has 1 N–H and O–H groups in total. The Labute approximate surface area is 225 Å². The van der Waals surface area contributed by atoms with Crippen molar-refractivity contribution in [3.8, 4) is 6.07 Å². The van der Waals surface area contributed by atoms with E-state index in [0.717, 1.165) is 43.6 Å². The number of piperazine rings is 1. The molecule has 2 heterocycles. The Morgan fingerprint density at radius 1 is 1.11 bits per heavy atom. The lowest BCUT2D eigenvalue weighted by molar-refractivity contribution is -0.128. The van der Waals surface area contributed by atoms with E-state index in [4.69, 9.17) is 4.74 Å². The first-order chi connectivity index (χ1) is 18.0. The molecule has 1 saturated carbocycles. The van der Waals surface area contributed by atoms with E-state index in [1.807, 2.05) is 49.9 Å². The van der Waals surface area contributed by atoms with Crippen LogP contribution in [0.4, 0.5) is 15.3 Å². The second kappa shape index (κ2) is 11.1. The van der Waals surface area contributed by atoms with Crippen molar-refractivity contribution in [3.05, 3.63) is 29.8 Å². The number of ether oxygens (including phenoxy) is 1. The fraction of sp³-hybridized carbons (Fsp3) is 0.643. The van der Waals surface area contributed by atoms with Crippen molar-refractivity contribution < 1.29 is 19.1 Å². The van der Waals surface area contributed by atoms with Gasteiger partial charge in [0.25, 0.3) is 0 Å². The van der Waals surface area contributed by atoms with E-state index >= 15 is 0 Å². The quantitative estimate of drug-likeness (QED) is 0.635. The molecule has 0 unspecified atom stereocenters. The van der Waals surface area contributed by atoms with Crippen molar-refractivity contribution in [1.82, 2.24) is 20.0 Å². The molecular weight excluding hydrogens is 484 g/mol. The van der Waals surface area contributed by atoms with E-state index in [1.165, 1.54) is 0 Å². The summed E-state index contributed by atoms with van der Waals surface area (Å²) in [7, 11) is 3.53. The Bertz CT molecular complexity index is 1070. The SMILES string of the molecule is CN(C)C(=O)N1CCN(c2ccc(C[C@@H](C#N)NC(=O)[C@@H]3[C@H]4CC[C@H](C4)N3C(=O)OC(C)(C)C)cc2)CC1. The number of nitrogens with one attached hydrogen (secondary N) is 1. The number of rotatable bonds is 5. The predicted molar refractivity (Wildman–Crippen MR) is 144 cm³/mol. The molecule has 0 aromatic heterocycles. The fourth-order valence-electron chi connectivity index (χ4n) is 5.81. The Morgan fingerprint density at radius 2 is 1.76 bits per heavy atom. The lowest BCUT2D eigenvalue weighted by Gasteiger charge is -2.37. The summed E-state index contributed by atoms with van der Waals surface area (Å²) < 4.78 is 5.59. The maximum Gasteiger partial charge on any atom is 0.411 e. The molecule has 0 spiro atoms. The van der Waals surface area contributed by atoms with Crippen LogP contribution in [-0.2, 0) is 16.0 Å². The van der Waals surface area contributed by atoms with Gasteiger partial charge in [0.2, 0.25) is 5.91 Å². The topological polar surface area (TPSA) is 109 Å². The number of amides is 4. The molecule has 10 heteroatoms. The third-order valence-electron chi connectivity index (χ3n) is 7.60. The summed E-state index contributed by atoms with van der Waals surface area (Å²) in [5, 5.41) is 12.7. The van der Waals surface area contributed by atoms with Gasteiger partial charge in [-0.25, -0.2) is 9.59 Å². The molecule has 206 valence electrons. The van der Waals surface area contributed by atoms with E-state index < -0.39 is 23.8 Å². The summed E-state index contributed by atoms with van der Waals surface area (Å²) >= 11 is 0. The van der Waals surface area contributed by atoms with E-state index in [1.54, 1.807) is 23.9 Å². The standard InChI is InChI=1S/C28H40N6O4/c1-28(2,3)38-27(37)34-23-11-8-20(17-23)24(34)25(35)30-21(18-29)16-19-6-9-22(10-7-19)32-12-14-33(15-13-32)26(36)31(4)5/h6-7,9-10,20-21,23-24H,8,11-17H2,1-5H3,(H,30,35)/t20-,21-,23+,24-/m0/s1. The second-order valence-corrected chi connectivity index (χ2v) is 11.8. The molecule has 2 saturated heterocycles. The first kappa shape index (κ1) is 27.6. The number of nitrogens with zero attached hydrogens (tertiary/aromatic N) is 5. The smallest absolute Gasteiger partial charge is 0.411 e. The zero-order valence-corrected chi connectivity index (χ0v) is 23.1. The van der Waals surface area contributed by atoms with Gasteiger partial charge in [0.05, 0.1) is 6.07 Å². The number of nitriles is 1. The number of fused-ring (bicyclic) bond motifs is 2. The van der Waals surface area contributed by atoms with Crippen molar-refractivity contribution in [2.75, 3.05) is 45.2 Å². The molecule has 3 fully saturated rings. The van der Waals surface area contributed by atoms with Gasteiger partial charge >= 0.3 is 12.1 Å². The van der Waals surface area contributed by atoms with Crippen molar-refractivity contribution >= 4 is 23.7 Å². The zero-order valence-electron chi connectivity index (χ0n) is 23.1. The average Bonchev–Trinajstić information content (AvgIpc) is 3.49. The lowest BCUT2D eigenvalue weighted by atomic mass is 9.97. The van der Waals surface area contributed by atoms with E-state index in [2.05, 4.69) is 16.3 Å². The molecule has 1 aliphatic carbocycles. The van der Waals surface area contributed by atoms with Crippen LogP contribution in [-0.4, -0.2) is 96.7 Å². The predicted octanol–water partition coefficient (Wildman–Crippen LogP) is 2.83. The van der Waals surface area contributed by atoms with Crippen LogP contribution in [0.2, 0.25) is 0 Å². The van der Waals surface area contributed by atoms with Crippen molar-refractivity contribution in [3.63, 3.8) is 0 Å². The first-order valence-corrected chi connectivity index (χ1v) is 13.5. The van der Waals surface area contributed by atoms with Crippen LogP contribution in [0.3, 0.4) is 0 Å². The second-order valence-electron chi connectivity index (χ2n) is 11.8. The van der Waals surface area contributed by atoms with Crippen molar-refractivity contribution in [2.24, 2.45) is 5.92 Å². The molecule has 3 aliphatic rings. The minimum atomic E-state index is -0.700. The number of urea groups is 1. The number of benzene rings is 1. The molecule has 38 heavy (non-hydrogen) atoms. The van der Waals surface area contributed by atoms with Crippen LogP contribution >= 0.6 is 0 Å². The number of hydrogen-bond donors (Lipinski definition) is 1. The van der Waals surface area contributed by atoms with Gasteiger partial charge in [-0.05, 0) is 63.6 Å². The summed E-state index contributed by atoms with van der Waals surface area (Å²) in [6, 6.07) is 8.97. The van der Waals surface area contributed by atoms with Crippen LogP contribution in [0.25, 0.3) is 0 Å². The monoisotopic (exact) mass is 524 g/mol. The maximum atomic E-state index is 13.3. The maximum absolute atomic E-state index is 13.3. The van der Waals surface area contributed by atoms with E-state index in [-0.39, 0.29) is 23.9 Å². The normalized spacial score (nSPS) is 23.6. The summed E-state index contributed by atoms with van der Waals surface area (Å²) in [5.41, 5.74) is 1.37. The average molecular weight is 525 g/mol. The number of carbonyl (C=O) groups is 3. The molecule has 10 nitrogen and oxygen atoms in total. The van der Waals surface area contributed by atoms with E-state index in [0.29, 0.717) is 19.5 Å². The van der Waals surface area contributed by atoms with Gasteiger partial charge in [0.1, 0.15) is 17.7 Å². The van der Waals surface area contributed by atoms with Gasteiger partial charge in [-0.1, -0.05) is 12.1 Å². The summed E-state index contributed by atoms with van der Waals surface area (Å²) in [4.78, 5) is 45.7. The van der Waals surface area contributed by atoms with Crippen LogP contribution in [0.15, 0.2) is 24.3 Å². The van der Waals surface area contributed by atoms with Crippen LogP contribution in [0, 0.1) is 17.2 Å². The molecular formula is C28H40N6O4. The molecule has 0 radical (unpaired) electrons. The third kappa shape index (κ3) is 6.14. The third-order valence-corrected chi connectivity index (χ3v) is 7.60. The summed E-state index contributed by atoms with van der Waals surface area (Å²) in [6.07, 6.45) is 2.50. The zero-order chi connectivity index (χ0) is 27.6. The lowest BCUT2D eigenvalue weighted by Crippen LogP contribution is -2.55. The minimum absolute atomic E-state index is 0.0153. The van der Waals surface area contributed by atoms with Crippen LogP contribution in [0.1, 0.15) is 45.6 Å². The first-order valence-electron chi connectivity index (χ1n) is 13.5. The van der Waals surface area contributed by atoms with Gasteiger partial charge in [-0.15, -0.1) is 0 Å².